The number of ether oxygens (including phenoxy) is 5. The van der Waals surface area contributed by atoms with E-state index in [1.165, 1.54) is 6.08 Å². The number of aliphatic hydroxyl groups is 1. The molecule has 2 aromatic carbocycles. The normalized spacial score (nSPS) is 10.4. The summed E-state index contributed by atoms with van der Waals surface area (Å²) in [4.78, 5) is 34.4. The minimum absolute atomic E-state index is 0.000283. The lowest BCUT2D eigenvalue weighted by Gasteiger charge is -2.08. The van der Waals surface area contributed by atoms with Gasteiger partial charge in [-0.1, -0.05) is 25.3 Å². The molecular formula is C27H28O9. The molecule has 0 saturated heterocycles. The largest absolute Gasteiger partial charge is 0.493 e. The Kier molecular flexibility index (Phi) is 12.0. The Hall–Kier alpha value is -4.37. The SMILES string of the molecule is C=CC(=O)OCCCOc1ccc(/C=C/C(=O)Oc2ccc(OCCOC(=O)C(=C)CO)cc2)cc1. The zero-order valence-electron chi connectivity index (χ0n) is 19.7. The number of aliphatic hydroxyl groups excluding tert-OH is 1. The van der Waals surface area contributed by atoms with Crippen LogP contribution in [0.2, 0.25) is 0 Å². The summed E-state index contributed by atoms with van der Waals surface area (Å²) in [5.41, 5.74) is 0.755. The van der Waals surface area contributed by atoms with E-state index in [1.807, 2.05) is 0 Å². The minimum Gasteiger partial charge on any atom is -0.493 e. The molecule has 2 rings (SSSR count). The highest BCUT2D eigenvalue weighted by molar-refractivity contribution is 5.89. The second-order valence-electron chi connectivity index (χ2n) is 7.11. The number of hydrogen-bond acceptors (Lipinski definition) is 9. The maximum absolute atomic E-state index is 12.1. The third kappa shape index (κ3) is 10.7. The van der Waals surface area contributed by atoms with E-state index >= 15 is 0 Å². The fourth-order valence-corrected chi connectivity index (χ4v) is 2.53. The van der Waals surface area contributed by atoms with E-state index in [0.29, 0.717) is 30.3 Å². The first kappa shape index (κ1) is 27.9. The highest BCUT2D eigenvalue weighted by Gasteiger charge is 2.07. The Bertz CT molecular complexity index is 1050. The molecule has 0 heterocycles. The number of hydrogen-bond donors (Lipinski definition) is 1. The van der Waals surface area contributed by atoms with Gasteiger partial charge in [0.05, 0.1) is 25.4 Å². The van der Waals surface area contributed by atoms with Gasteiger partial charge < -0.3 is 28.8 Å². The van der Waals surface area contributed by atoms with Crippen molar-refractivity contribution in [3.8, 4) is 17.2 Å². The summed E-state index contributed by atoms with van der Waals surface area (Å²) in [7, 11) is 0. The first-order chi connectivity index (χ1) is 17.4. The zero-order valence-corrected chi connectivity index (χ0v) is 19.7. The van der Waals surface area contributed by atoms with Gasteiger partial charge in [0, 0.05) is 18.6 Å². The van der Waals surface area contributed by atoms with E-state index in [9.17, 15) is 14.4 Å². The second kappa shape index (κ2) is 15.5. The number of rotatable bonds is 15. The molecule has 0 aromatic heterocycles. The van der Waals surface area contributed by atoms with Crippen LogP contribution in [0.25, 0.3) is 6.08 Å². The molecule has 0 bridgehead atoms. The molecule has 9 nitrogen and oxygen atoms in total. The average molecular weight is 497 g/mol. The minimum atomic E-state index is -0.679. The van der Waals surface area contributed by atoms with Crippen molar-refractivity contribution in [1.29, 1.82) is 0 Å². The molecule has 0 aliphatic carbocycles. The van der Waals surface area contributed by atoms with Crippen LogP contribution in [0.3, 0.4) is 0 Å². The molecule has 0 saturated carbocycles. The molecule has 2 aromatic rings. The van der Waals surface area contributed by atoms with Crippen LogP contribution < -0.4 is 14.2 Å². The quantitative estimate of drug-likeness (QED) is 0.172. The molecule has 0 fully saturated rings. The van der Waals surface area contributed by atoms with E-state index in [1.54, 1.807) is 54.6 Å². The summed E-state index contributed by atoms with van der Waals surface area (Å²) in [5, 5.41) is 8.80. The lowest BCUT2D eigenvalue weighted by Crippen LogP contribution is -2.15. The van der Waals surface area contributed by atoms with Crippen LogP contribution in [0, 0.1) is 0 Å². The maximum atomic E-state index is 12.1. The summed E-state index contributed by atoms with van der Waals surface area (Å²) in [5.74, 6) is -0.195. The fraction of sp³-hybridized carbons (Fsp3) is 0.222. The molecule has 36 heavy (non-hydrogen) atoms. The molecule has 0 unspecified atom stereocenters. The van der Waals surface area contributed by atoms with E-state index in [4.69, 9.17) is 28.8 Å². The molecule has 0 aliphatic rings. The van der Waals surface area contributed by atoms with E-state index < -0.39 is 24.5 Å². The van der Waals surface area contributed by atoms with Gasteiger partial charge in [-0.15, -0.1) is 0 Å². The smallest absolute Gasteiger partial charge is 0.336 e. The number of benzene rings is 2. The van der Waals surface area contributed by atoms with Crippen LogP contribution in [0.1, 0.15) is 12.0 Å². The number of esters is 3. The molecule has 1 N–H and O–H groups in total. The molecule has 9 heteroatoms. The van der Waals surface area contributed by atoms with Gasteiger partial charge in [-0.2, -0.15) is 0 Å². The van der Waals surface area contributed by atoms with Gasteiger partial charge in [-0.25, -0.2) is 14.4 Å². The predicted molar refractivity (Wildman–Crippen MR) is 132 cm³/mol. The summed E-state index contributed by atoms with van der Waals surface area (Å²) in [6.45, 7) is 6.99. The highest BCUT2D eigenvalue weighted by Crippen LogP contribution is 2.18. The molecular weight excluding hydrogens is 468 g/mol. The van der Waals surface area contributed by atoms with Gasteiger partial charge >= 0.3 is 17.9 Å². The third-order valence-electron chi connectivity index (χ3n) is 4.37. The van der Waals surface area contributed by atoms with Crippen molar-refractivity contribution in [3.63, 3.8) is 0 Å². The third-order valence-corrected chi connectivity index (χ3v) is 4.37. The summed E-state index contributed by atoms with van der Waals surface area (Å²) >= 11 is 0. The molecule has 190 valence electrons. The Morgan fingerprint density at radius 3 is 2.03 bits per heavy atom. The first-order valence-electron chi connectivity index (χ1n) is 11.0. The van der Waals surface area contributed by atoms with Crippen molar-refractivity contribution >= 4 is 24.0 Å². The van der Waals surface area contributed by atoms with Crippen LogP contribution in [0.4, 0.5) is 0 Å². The predicted octanol–water partition coefficient (Wildman–Crippen LogP) is 3.27. The van der Waals surface area contributed by atoms with E-state index in [-0.39, 0.29) is 25.4 Å². The second-order valence-corrected chi connectivity index (χ2v) is 7.11. The lowest BCUT2D eigenvalue weighted by molar-refractivity contribution is -0.140. The van der Waals surface area contributed by atoms with Gasteiger partial charge in [0.2, 0.25) is 0 Å². The Morgan fingerprint density at radius 2 is 1.39 bits per heavy atom. The molecule has 0 atom stereocenters. The number of carbonyl (C=O) groups is 3. The van der Waals surface area contributed by atoms with Crippen molar-refractivity contribution in [2.24, 2.45) is 0 Å². The molecule has 0 radical (unpaired) electrons. The van der Waals surface area contributed by atoms with Gasteiger partial charge in [-0.3, -0.25) is 0 Å². The van der Waals surface area contributed by atoms with Crippen molar-refractivity contribution in [1.82, 2.24) is 0 Å². The molecule has 0 amide bonds. The summed E-state index contributed by atoms with van der Waals surface area (Å²) in [6, 6.07) is 13.5. The zero-order chi connectivity index (χ0) is 26.2. The van der Waals surface area contributed by atoms with Crippen LogP contribution in [-0.2, 0) is 23.9 Å². The van der Waals surface area contributed by atoms with E-state index in [2.05, 4.69) is 13.2 Å². The van der Waals surface area contributed by atoms with Crippen LogP contribution in [0.5, 0.6) is 17.2 Å². The summed E-state index contributed by atoms with van der Waals surface area (Å²) < 4.78 is 26.0. The van der Waals surface area contributed by atoms with Gasteiger partial charge in [0.15, 0.2) is 0 Å². The lowest BCUT2D eigenvalue weighted by atomic mass is 10.2. The Labute approximate surface area is 209 Å². The Morgan fingerprint density at radius 1 is 0.778 bits per heavy atom. The first-order valence-corrected chi connectivity index (χ1v) is 11.0. The van der Waals surface area contributed by atoms with Crippen molar-refractivity contribution < 1.29 is 43.2 Å². The maximum Gasteiger partial charge on any atom is 0.336 e. The van der Waals surface area contributed by atoms with Gasteiger partial charge in [0.25, 0.3) is 0 Å². The van der Waals surface area contributed by atoms with E-state index in [0.717, 1.165) is 11.6 Å². The van der Waals surface area contributed by atoms with Crippen LogP contribution >= 0.6 is 0 Å². The van der Waals surface area contributed by atoms with Crippen molar-refractivity contribution in [2.75, 3.05) is 33.0 Å². The molecule has 0 spiro atoms. The monoisotopic (exact) mass is 496 g/mol. The van der Waals surface area contributed by atoms with Crippen LogP contribution in [0.15, 0.2) is 79.4 Å². The number of carbonyl (C=O) groups excluding carboxylic acids is 3. The topological polar surface area (TPSA) is 118 Å². The average Bonchev–Trinajstić information content (AvgIpc) is 2.90. The Balaban J connectivity index is 1.69. The van der Waals surface area contributed by atoms with Gasteiger partial charge in [-0.05, 0) is 48.0 Å². The van der Waals surface area contributed by atoms with Crippen molar-refractivity contribution in [2.45, 2.75) is 6.42 Å². The summed E-state index contributed by atoms with van der Waals surface area (Å²) in [6.07, 6.45) is 4.59. The van der Waals surface area contributed by atoms with Gasteiger partial charge in [0.1, 0.15) is 30.5 Å². The molecule has 0 aliphatic heterocycles. The van der Waals surface area contributed by atoms with Crippen molar-refractivity contribution in [3.05, 3.63) is 85.0 Å². The standard InChI is InChI=1S/C27H28O9/c1-3-25(29)34-16-4-15-32-22-8-5-21(6-9-22)7-14-26(30)36-24-12-10-23(11-13-24)33-17-18-35-27(31)20(2)19-28/h3,5-14,28H,1-2,4,15-19H2/b14-7+. The fourth-order valence-electron chi connectivity index (χ4n) is 2.53. The van der Waals surface area contributed by atoms with Crippen LogP contribution in [-0.4, -0.2) is 56.0 Å². The highest BCUT2D eigenvalue weighted by atomic mass is 16.6.